The van der Waals surface area contributed by atoms with Crippen molar-refractivity contribution >= 4 is 11.7 Å². The summed E-state index contributed by atoms with van der Waals surface area (Å²) < 4.78 is 3.22. The Morgan fingerprint density at radius 3 is 2.70 bits per heavy atom. The van der Waals surface area contributed by atoms with Gasteiger partial charge in [-0.3, -0.25) is 9.13 Å². The number of amides is 1. The van der Waals surface area contributed by atoms with E-state index in [1.807, 2.05) is 23.8 Å². The monoisotopic (exact) mass is 268 g/mol. The topological polar surface area (TPSA) is 77.6 Å². The van der Waals surface area contributed by atoms with E-state index in [0.717, 1.165) is 11.6 Å². The standard InChI is InChI=1S/C13H12N6O/c1-10-15-5-7-19(10)12-3-2-11(8-16-12)17-13(20)18-6-4-14-9-18/h2-9H,1H3,(H,17,20). The van der Waals surface area contributed by atoms with Crippen molar-refractivity contribution in [1.29, 1.82) is 0 Å². The first-order valence-corrected chi connectivity index (χ1v) is 6.00. The molecule has 0 saturated carbocycles. The fourth-order valence-corrected chi connectivity index (χ4v) is 1.79. The molecule has 7 nitrogen and oxygen atoms in total. The predicted molar refractivity (Wildman–Crippen MR) is 72.7 cm³/mol. The summed E-state index contributed by atoms with van der Waals surface area (Å²) in [7, 11) is 0. The average Bonchev–Trinajstić information content (AvgIpc) is 3.11. The summed E-state index contributed by atoms with van der Waals surface area (Å²) in [5, 5.41) is 2.73. The fraction of sp³-hybridized carbons (Fsp3) is 0.0769. The zero-order valence-corrected chi connectivity index (χ0v) is 10.8. The smallest absolute Gasteiger partial charge is 0.306 e. The molecule has 0 aliphatic carbocycles. The number of nitrogens with one attached hydrogen (secondary N) is 1. The minimum Gasteiger partial charge on any atom is -0.306 e. The highest BCUT2D eigenvalue weighted by Crippen LogP contribution is 2.11. The van der Waals surface area contributed by atoms with Crippen LogP contribution in [-0.2, 0) is 0 Å². The van der Waals surface area contributed by atoms with Gasteiger partial charge in [-0.15, -0.1) is 0 Å². The summed E-state index contributed by atoms with van der Waals surface area (Å²) in [5.74, 6) is 1.60. The first-order chi connectivity index (χ1) is 9.74. The lowest BCUT2D eigenvalue weighted by atomic mass is 10.4. The van der Waals surface area contributed by atoms with E-state index in [4.69, 9.17) is 0 Å². The second kappa shape index (κ2) is 4.96. The van der Waals surface area contributed by atoms with Crippen LogP contribution in [0.25, 0.3) is 5.82 Å². The maximum atomic E-state index is 11.8. The van der Waals surface area contributed by atoms with E-state index in [1.54, 1.807) is 30.9 Å². The second-order valence-electron chi connectivity index (χ2n) is 4.15. The van der Waals surface area contributed by atoms with Crippen LogP contribution in [0.5, 0.6) is 0 Å². The average molecular weight is 268 g/mol. The summed E-state index contributed by atoms with van der Waals surface area (Å²) in [6.45, 7) is 1.90. The molecule has 3 aromatic heterocycles. The van der Waals surface area contributed by atoms with Crippen LogP contribution >= 0.6 is 0 Å². The molecule has 0 bridgehead atoms. The molecule has 0 atom stereocenters. The van der Waals surface area contributed by atoms with Gasteiger partial charge in [0.25, 0.3) is 0 Å². The summed E-state index contributed by atoms with van der Waals surface area (Å²) in [4.78, 5) is 24.1. The van der Waals surface area contributed by atoms with Crippen molar-refractivity contribution in [2.24, 2.45) is 0 Å². The number of anilines is 1. The zero-order valence-electron chi connectivity index (χ0n) is 10.8. The maximum Gasteiger partial charge on any atom is 0.331 e. The minimum absolute atomic E-state index is 0.282. The summed E-state index contributed by atoms with van der Waals surface area (Å²) >= 11 is 0. The molecule has 3 aromatic rings. The van der Waals surface area contributed by atoms with Gasteiger partial charge in [0, 0.05) is 24.8 Å². The molecular weight excluding hydrogens is 256 g/mol. The van der Waals surface area contributed by atoms with Crippen molar-refractivity contribution in [3.05, 3.63) is 55.3 Å². The van der Waals surface area contributed by atoms with Crippen LogP contribution in [0.3, 0.4) is 0 Å². The van der Waals surface area contributed by atoms with Crippen LogP contribution in [-0.4, -0.2) is 30.1 Å². The van der Waals surface area contributed by atoms with Crippen molar-refractivity contribution in [3.8, 4) is 5.82 Å². The quantitative estimate of drug-likeness (QED) is 0.769. The number of carbonyl (C=O) groups excluding carboxylic acids is 1. The van der Waals surface area contributed by atoms with Crippen LogP contribution in [0.1, 0.15) is 5.82 Å². The molecule has 3 rings (SSSR count). The molecule has 3 heterocycles. The van der Waals surface area contributed by atoms with E-state index in [1.165, 1.54) is 10.9 Å². The molecule has 7 heteroatoms. The molecule has 0 fully saturated rings. The number of nitrogens with zero attached hydrogens (tertiary/aromatic N) is 5. The number of hydrogen-bond acceptors (Lipinski definition) is 4. The number of aromatic nitrogens is 5. The van der Waals surface area contributed by atoms with Gasteiger partial charge in [-0.1, -0.05) is 0 Å². The lowest BCUT2D eigenvalue weighted by Gasteiger charge is -2.07. The van der Waals surface area contributed by atoms with Gasteiger partial charge >= 0.3 is 6.03 Å². The molecule has 100 valence electrons. The highest BCUT2D eigenvalue weighted by Gasteiger charge is 2.05. The number of carbonyl (C=O) groups is 1. The number of hydrogen-bond donors (Lipinski definition) is 1. The molecule has 1 amide bonds. The van der Waals surface area contributed by atoms with Crippen LogP contribution in [0, 0.1) is 6.92 Å². The number of pyridine rings is 1. The Hall–Kier alpha value is -2.96. The summed E-state index contributed by atoms with van der Waals surface area (Å²) in [6, 6.07) is 3.32. The first kappa shape index (κ1) is 12.1. The Morgan fingerprint density at radius 1 is 1.20 bits per heavy atom. The van der Waals surface area contributed by atoms with Crippen LogP contribution < -0.4 is 5.32 Å². The van der Waals surface area contributed by atoms with E-state index >= 15 is 0 Å². The SMILES string of the molecule is Cc1nccn1-c1ccc(NC(=O)n2ccnc2)cn1. The molecule has 1 N–H and O–H groups in total. The van der Waals surface area contributed by atoms with E-state index in [9.17, 15) is 4.79 Å². The Bertz CT molecular complexity index is 714. The van der Waals surface area contributed by atoms with Crippen molar-refractivity contribution in [1.82, 2.24) is 24.1 Å². The van der Waals surface area contributed by atoms with Gasteiger partial charge in [0.05, 0.1) is 11.9 Å². The highest BCUT2D eigenvalue weighted by atomic mass is 16.2. The lowest BCUT2D eigenvalue weighted by molar-refractivity contribution is 0.253. The third-order valence-electron chi connectivity index (χ3n) is 2.81. The largest absolute Gasteiger partial charge is 0.331 e. The molecular formula is C13H12N6O. The van der Waals surface area contributed by atoms with E-state index in [-0.39, 0.29) is 6.03 Å². The van der Waals surface area contributed by atoms with Gasteiger partial charge in [-0.25, -0.2) is 19.7 Å². The van der Waals surface area contributed by atoms with Gasteiger partial charge < -0.3 is 5.32 Å². The number of aryl methyl sites for hydroxylation is 1. The van der Waals surface area contributed by atoms with Gasteiger partial charge in [0.1, 0.15) is 18.0 Å². The summed E-state index contributed by atoms with van der Waals surface area (Å²) in [5.41, 5.74) is 0.616. The fourth-order valence-electron chi connectivity index (χ4n) is 1.79. The summed E-state index contributed by atoms with van der Waals surface area (Å²) in [6.07, 6.45) is 9.71. The molecule has 20 heavy (non-hydrogen) atoms. The first-order valence-electron chi connectivity index (χ1n) is 6.00. The molecule has 0 aliphatic heterocycles. The van der Waals surface area contributed by atoms with E-state index < -0.39 is 0 Å². The number of imidazole rings is 2. The van der Waals surface area contributed by atoms with Crippen LogP contribution in [0.4, 0.5) is 10.5 Å². The maximum absolute atomic E-state index is 11.8. The Labute approximate surface area is 114 Å². The number of rotatable bonds is 2. The molecule has 0 radical (unpaired) electrons. The van der Waals surface area contributed by atoms with Gasteiger partial charge in [-0.05, 0) is 19.1 Å². The van der Waals surface area contributed by atoms with Crippen LogP contribution in [0.2, 0.25) is 0 Å². The Morgan fingerprint density at radius 2 is 2.10 bits per heavy atom. The zero-order chi connectivity index (χ0) is 13.9. The normalized spacial score (nSPS) is 10.4. The van der Waals surface area contributed by atoms with Gasteiger partial charge in [0.2, 0.25) is 0 Å². The lowest BCUT2D eigenvalue weighted by Crippen LogP contribution is -2.17. The Kier molecular flexibility index (Phi) is 3.00. The van der Waals surface area contributed by atoms with Crippen molar-refractivity contribution < 1.29 is 4.79 Å². The molecule has 0 aromatic carbocycles. The van der Waals surface area contributed by atoms with E-state index in [2.05, 4.69) is 20.3 Å². The minimum atomic E-state index is -0.282. The molecule has 0 saturated heterocycles. The van der Waals surface area contributed by atoms with E-state index in [0.29, 0.717) is 5.69 Å². The van der Waals surface area contributed by atoms with Crippen molar-refractivity contribution in [2.75, 3.05) is 5.32 Å². The molecule has 0 spiro atoms. The van der Waals surface area contributed by atoms with Gasteiger partial charge in [-0.2, -0.15) is 0 Å². The Balaban J connectivity index is 1.77. The third-order valence-corrected chi connectivity index (χ3v) is 2.81. The molecule has 0 unspecified atom stereocenters. The van der Waals surface area contributed by atoms with Crippen molar-refractivity contribution in [3.63, 3.8) is 0 Å². The van der Waals surface area contributed by atoms with Gasteiger partial charge in [0.15, 0.2) is 0 Å². The van der Waals surface area contributed by atoms with Crippen molar-refractivity contribution in [2.45, 2.75) is 6.92 Å². The van der Waals surface area contributed by atoms with Crippen LogP contribution in [0.15, 0.2) is 49.4 Å². The molecule has 0 aliphatic rings. The predicted octanol–water partition coefficient (Wildman–Crippen LogP) is 1.85. The second-order valence-corrected chi connectivity index (χ2v) is 4.15. The highest BCUT2D eigenvalue weighted by molar-refractivity contribution is 5.90. The third kappa shape index (κ3) is 2.28.